The lowest BCUT2D eigenvalue weighted by atomic mass is 9.72. The maximum Gasteiger partial charge on any atom is 0.0622 e. The van der Waals surface area contributed by atoms with Crippen molar-refractivity contribution < 1.29 is 20.1 Å². The summed E-state index contributed by atoms with van der Waals surface area (Å²) >= 11 is 0. The van der Waals surface area contributed by atoms with Crippen molar-refractivity contribution in [1.29, 1.82) is 0 Å². The minimum Gasteiger partial charge on any atom is -0.396 e. The van der Waals surface area contributed by atoms with Crippen LogP contribution < -0.4 is 0 Å². The van der Waals surface area contributed by atoms with Crippen LogP contribution in [-0.2, 0) is 4.74 Å². The molecular formula is C29H56O4. The first kappa shape index (κ1) is 29.1. The van der Waals surface area contributed by atoms with Gasteiger partial charge in [0, 0.05) is 13.7 Å². The summed E-state index contributed by atoms with van der Waals surface area (Å²) in [7, 11) is 1.79. The van der Waals surface area contributed by atoms with Gasteiger partial charge in [-0.15, -0.1) is 0 Å². The van der Waals surface area contributed by atoms with E-state index in [9.17, 15) is 15.3 Å². The first-order valence-electron chi connectivity index (χ1n) is 14.1. The molecule has 2 aliphatic carbocycles. The first-order chi connectivity index (χ1) is 15.6. The van der Waals surface area contributed by atoms with Crippen molar-refractivity contribution in [3.05, 3.63) is 0 Å². The van der Waals surface area contributed by atoms with E-state index in [2.05, 4.69) is 27.7 Å². The molecule has 0 radical (unpaired) electrons. The molecule has 0 spiro atoms. The van der Waals surface area contributed by atoms with Gasteiger partial charge >= 0.3 is 0 Å². The van der Waals surface area contributed by atoms with Crippen LogP contribution in [0, 0.1) is 29.1 Å². The SMILES string of the molecule is COC(C)(C)CCCC1CCCC(CCCC2CCCC(CCCC(C)(C)CO)C2O)C1O. The van der Waals surface area contributed by atoms with Crippen molar-refractivity contribution in [2.45, 2.75) is 142 Å². The lowest BCUT2D eigenvalue weighted by Crippen LogP contribution is -2.35. The molecular weight excluding hydrogens is 412 g/mol. The molecule has 4 heteroatoms. The molecule has 0 aromatic rings. The summed E-state index contributed by atoms with van der Waals surface area (Å²) in [6, 6.07) is 0. The third kappa shape index (κ3) is 9.78. The maximum atomic E-state index is 11.0. The smallest absolute Gasteiger partial charge is 0.0622 e. The Morgan fingerprint density at radius 1 is 0.667 bits per heavy atom. The average molecular weight is 469 g/mol. The standard InChI is InChI=1S/C29H56O4/c1-28(2,21-30)19-9-17-24-15-7-13-22(26(24)31)11-6-12-23-14-8-16-25(27(23)32)18-10-20-29(3,4)33-5/h22-27,30-32H,6-21H2,1-5H3. The zero-order valence-electron chi connectivity index (χ0n) is 22.5. The molecule has 0 aliphatic heterocycles. The van der Waals surface area contributed by atoms with E-state index < -0.39 is 0 Å². The van der Waals surface area contributed by atoms with Gasteiger partial charge in [0.1, 0.15) is 0 Å². The summed E-state index contributed by atoms with van der Waals surface area (Å²) < 4.78 is 5.55. The quantitative estimate of drug-likeness (QED) is 0.272. The number of ether oxygens (including phenoxy) is 1. The fourth-order valence-electron chi connectivity index (χ4n) is 6.45. The molecule has 0 heterocycles. The molecule has 196 valence electrons. The molecule has 33 heavy (non-hydrogen) atoms. The predicted molar refractivity (Wildman–Crippen MR) is 137 cm³/mol. The lowest BCUT2D eigenvalue weighted by molar-refractivity contribution is -0.00996. The zero-order valence-corrected chi connectivity index (χ0v) is 22.5. The van der Waals surface area contributed by atoms with Crippen LogP contribution in [0.2, 0.25) is 0 Å². The second-order valence-electron chi connectivity index (χ2n) is 12.9. The Bertz CT molecular complexity index is 486. The molecule has 2 fully saturated rings. The van der Waals surface area contributed by atoms with Gasteiger partial charge in [-0.1, -0.05) is 46.0 Å². The van der Waals surface area contributed by atoms with Crippen LogP contribution in [-0.4, -0.2) is 46.8 Å². The van der Waals surface area contributed by atoms with Crippen LogP contribution in [0.15, 0.2) is 0 Å². The second-order valence-corrected chi connectivity index (χ2v) is 12.9. The Labute approximate surface area is 204 Å². The Balaban J connectivity index is 1.71. The van der Waals surface area contributed by atoms with Crippen LogP contribution in [0.3, 0.4) is 0 Å². The highest BCUT2D eigenvalue weighted by atomic mass is 16.5. The van der Waals surface area contributed by atoms with E-state index in [-0.39, 0.29) is 29.8 Å². The van der Waals surface area contributed by atoms with Crippen LogP contribution in [0.1, 0.15) is 124 Å². The van der Waals surface area contributed by atoms with E-state index in [1.807, 2.05) is 0 Å². The van der Waals surface area contributed by atoms with E-state index in [1.165, 1.54) is 19.3 Å². The monoisotopic (exact) mass is 468 g/mol. The van der Waals surface area contributed by atoms with E-state index in [4.69, 9.17) is 4.74 Å². The topological polar surface area (TPSA) is 69.9 Å². The van der Waals surface area contributed by atoms with Crippen molar-refractivity contribution in [3.8, 4) is 0 Å². The summed E-state index contributed by atoms with van der Waals surface area (Å²) in [6.07, 6.45) is 16.7. The van der Waals surface area contributed by atoms with Crippen molar-refractivity contribution in [1.82, 2.24) is 0 Å². The summed E-state index contributed by atoms with van der Waals surface area (Å²) in [5.74, 6) is 1.75. The number of aliphatic hydroxyl groups is 3. The summed E-state index contributed by atoms with van der Waals surface area (Å²) in [6.45, 7) is 8.78. The molecule has 0 aromatic carbocycles. The molecule has 4 nitrogen and oxygen atoms in total. The molecule has 2 aliphatic rings. The number of hydrogen-bond donors (Lipinski definition) is 3. The molecule has 6 atom stereocenters. The Morgan fingerprint density at radius 3 is 1.45 bits per heavy atom. The van der Waals surface area contributed by atoms with Crippen molar-refractivity contribution in [2.24, 2.45) is 29.1 Å². The molecule has 3 N–H and O–H groups in total. The molecule has 0 amide bonds. The first-order valence-corrected chi connectivity index (χ1v) is 14.1. The van der Waals surface area contributed by atoms with E-state index in [1.54, 1.807) is 7.11 Å². The molecule has 0 saturated heterocycles. The fourth-order valence-corrected chi connectivity index (χ4v) is 6.45. The van der Waals surface area contributed by atoms with Gasteiger partial charge < -0.3 is 20.1 Å². The van der Waals surface area contributed by atoms with Crippen molar-refractivity contribution in [2.75, 3.05) is 13.7 Å². The van der Waals surface area contributed by atoms with Gasteiger partial charge in [-0.05, 0) is 107 Å². The lowest BCUT2D eigenvalue weighted by Gasteiger charge is -2.37. The largest absolute Gasteiger partial charge is 0.396 e. The van der Waals surface area contributed by atoms with Gasteiger partial charge in [-0.2, -0.15) is 0 Å². The Hall–Kier alpha value is -0.160. The van der Waals surface area contributed by atoms with E-state index in [0.29, 0.717) is 23.7 Å². The van der Waals surface area contributed by atoms with E-state index in [0.717, 1.165) is 77.0 Å². The minimum absolute atomic E-state index is 0.00229. The molecule has 6 unspecified atom stereocenters. The van der Waals surface area contributed by atoms with Crippen molar-refractivity contribution >= 4 is 0 Å². The second kappa shape index (κ2) is 13.8. The Morgan fingerprint density at radius 2 is 1.06 bits per heavy atom. The summed E-state index contributed by atoms with van der Waals surface area (Å²) in [4.78, 5) is 0. The van der Waals surface area contributed by atoms with Gasteiger partial charge in [0.2, 0.25) is 0 Å². The normalized spacial score (nSPS) is 31.6. The van der Waals surface area contributed by atoms with Gasteiger partial charge in [0.15, 0.2) is 0 Å². The number of methoxy groups -OCH3 is 1. The highest BCUT2D eigenvalue weighted by Gasteiger charge is 2.34. The molecule has 0 aromatic heterocycles. The van der Waals surface area contributed by atoms with Gasteiger partial charge in [0.05, 0.1) is 17.8 Å². The van der Waals surface area contributed by atoms with Gasteiger partial charge in [0.25, 0.3) is 0 Å². The number of hydrogen-bond acceptors (Lipinski definition) is 4. The number of aliphatic hydroxyl groups excluding tert-OH is 3. The summed E-state index contributed by atoms with van der Waals surface area (Å²) in [5.41, 5.74) is -0.0650. The van der Waals surface area contributed by atoms with E-state index >= 15 is 0 Å². The minimum atomic E-state index is -0.163. The third-order valence-corrected chi connectivity index (χ3v) is 9.14. The molecule has 0 bridgehead atoms. The van der Waals surface area contributed by atoms with Crippen LogP contribution >= 0.6 is 0 Å². The highest BCUT2D eigenvalue weighted by molar-refractivity contribution is 4.85. The fraction of sp³-hybridized carbons (Fsp3) is 1.00. The molecule has 2 saturated carbocycles. The van der Waals surface area contributed by atoms with Crippen LogP contribution in [0.4, 0.5) is 0 Å². The molecule has 2 rings (SSSR count). The van der Waals surface area contributed by atoms with Gasteiger partial charge in [-0.25, -0.2) is 0 Å². The number of rotatable bonds is 14. The predicted octanol–water partition coefficient (Wildman–Crippen LogP) is 6.50. The summed E-state index contributed by atoms with van der Waals surface area (Å²) in [5, 5.41) is 31.5. The van der Waals surface area contributed by atoms with Crippen molar-refractivity contribution in [3.63, 3.8) is 0 Å². The average Bonchev–Trinajstić information content (AvgIpc) is 2.78. The Kier molecular flexibility index (Phi) is 12.2. The van der Waals surface area contributed by atoms with Gasteiger partial charge in [-0.3, -0.25) is 0 Å². The highest BCUT2D eigenvalue weighted by Crippen LogP contribution is 2.39. The zero-order chi connectivity index (χ0) is 24.5. The maximum absolute atomic E-state index is 11.0. The van der Waals surface area contributed by atoms with Crippen LogP contribution in [0.5, 0.6) is 0 Å². The third-order valence-electron chi connectivity index (χ3n) is 9.14. The van der Waals surface area contributed by atoms with Crippen LogP contribution in [0.25, 0.3) is 0 Å².